The van der Waals surface area contributed by atoms with Gasteiger partial charge in [0.2, 0.25) is 0 Å². The highest BCUT2D eigenvalue weighted by Gasteiger charge is 2.30. The van der Waals surface area contributed by atoms with Crippen molar-refractivity contribution in [2.24, 2.45) is 10.9 Å². The van der Waals surface area contributed by atoms with Crippen LogP contribution in [-0.2, 0) is 9.84 Å². The van der Waals surface area contributed by atoms with Crippen LogP contribution in [0.4, 0.5) is 10.1 Å². The van der Waals surface area contributed by atoms with Crippen LogP contribution in [0.3, 0.4) is 0 Å². The molecular formula is C19H28FIN4O2S. The predicted octanol–water partition coefficient (Wildman–Crippen LogP) is 2.11. The smallest absolute Gasteiger partial charge is 0.194 e. The van der Waals surface area contributed by atoms with Gasteiger partial charge in [-0.05, 0) is 49.4 Å². The van der Waals surface area contributed by atoms with E-state index in [0.717, 1.165) is 44.2 Å². The molecule has 1 aliphatic carbocycles. The number of nitrogens with one attached hydrogen (secondary N) is 1. The molecule has 0 amide bonds. The van der Waals surface area contributed by atoms with Crippen LogP contribution in [0, 0.1) is 11.7 Å². The number of nitrogens with zero attached hydrogens (tertiary/aromatic N) is 3. The molecule has 0 radical (unpaired) electrons. The Bertz CT molecular complexity index is 791. The maximum atomic E-state index is 13.1. The van der Waals surface area contributed by atoms with Crippen molar-refractivity contribution in [3.8, 4) is 0 Å². The largest absolute Gasteiger partial charge is 0.368 e. The van der Waals surface area contributed by atoms with E-state index in [1.165, 1.54) is 25.0 Å². The van der Waals surface area contributed by atoms with Gasteiger partial charge >= 0.3 is 0 Å². The maximum absolute atomic E-state index is 13.1. The minimum Gasteiger partial charge on any atom is -0.368 e. The molecule has 3 fully saturated rings. The summed E-state index contributed by atoms with van der Waals surface area (Å²) >= 11 is 0. The lowest BCUT2D eigenvalue weighted by Crippen LogP contribution is -2.53. The molecule has 1 unspecified atom stereocenters. The van der Waals surface area contributed by atoms with Crippen molar-refractivity contribution in [2.45, 2.75) is 25.3 Å². The summed E-state index contributed by atoms with van der Waals surface area (Å²) in [5.74, 6) is 1.42. The normalized spacial score (nSPS) is 24.8. The van der Waals surface area contributed by atoms with E-state index >= 15 is 0 Å². The number of hydrogen-bond donors (Lipinski definition) is 1. The van der Waals surface area contributed by atoms with Gasteiger partial charge in [-0.1, -0.05) is 0 Å². The summed E-state index contributed by atoms with van der Waals surface area (Å²) in [5, 5.41) is 3.53. The van der Waals surface area contributed by atoms with Gasteiger partial charge < -0.3 is 15.1 Å². The van der Waals surface area contributed by atoms with Crippen molar-refractivity contribution in [3.63, 3.8) is 0 Å². The number of benzene rings is 1. The maximum Gasteiger partial charge on any atom is 0.194 e. The number of rotatable bonds is 4. The highest BCUT2D eigenvalue weighted by Crippen LogP contribution is 2.22. The molecule has 1 aromatic carbocycles. The summed E-state index contributed by atoms with van der Waals surface area (Å²) in [6.07, 6.45) is 3.07. The standard InChI is InChI=1S/C19H27FN4O2S.HI/c20-16-1-5-18(6-2-16)23-8-10-24(11-9-23)19(22-17-3-4-17)21-13-15-7-12-27(25,26)14-15;/h1-2,5-6,15,17H,3-4,7-14H2,(H,21,22);1H. The molecule has 4 rings (SSSR count). The van der Waals surface area contributed by atoms with E-state index in [9.17, 15) is 12.8 Å². The third-order valence-electron chi connectivity index (χ3n) is 5.51. The van der Waals surface area contributed by atoms with Crippen molar-refractivity contribution < 1.29 is 12.8 Å². The summed E-state index contributed by atoms with van der Waals surface area (Å²) in [5.41, 5.74) is 1.04. The first-order chi connectivity index (χ1) is 13.0. The van der Waals surface area contributed by atoms with Crippen LogP contribution < -0.4 is 10.2 Å². The van der Waals surface area contributed by atoms with E-state index in [0.29, 0.717) is 18.3 Å². The number of guanidine groups is 1. The zero-order valence-corrected chi connectivity index (χ0v) is 19.0. The fourth-order valence-electron chi connectivity index (χ4n) is 3.71. The van der Waals surface area contributed by atoms with Crippen LogP contribution in [0.25, 0.3) is 0 Å². The molecule has 1 atom stereocenters. The summed E-state index contributed by atoms with van der Waals surface area (Å²) in [6, 6.07) is 7.15. The first-order valence-electron chi connectivity index (χ1n) is 9.75. The number of sulfone groups is 1. The summed E-state index contributed by atoms with van der Waals surface area (Å²) in [4.78, 5) is 9.31. The fraction of sp³-hybridized carbons (Fsp3) is 0.632. The molecular weight excluding hydrogens is 494 g/mol. The zero-order valence-electron chi connectivity index (χ0n) is 15.9. The first kappa shape index (κ1) is 21.6. The van der Waals surface area contributed by atoms with Crippen molar-refractivity contribution in [1.29, 1.82) is 0 Å². The number of hydrogen-bond acceptors (Lipinski definition) is 4. The third-order valence-corrected chi connectivity index (χ3v) is 7.34. The number of anilines is 1. The van der Waals surface area contributed by atoms with Crippen LogP contribution in [0.1, 0.15) is 19.3 Å². The Morgan fingerprint density at radius 1 is 1.11 bits per heavy atom. The Morgan fingerprint density at radius 3 is 2.36 bits per heavy atom. The van der Waals surface area contributed by atoms with Crippen LogP contribution in [0.5, 0.6) is 0 Å². The lowest BCUT2D eigenvalue weighted by molar-refractivity contribution is 0.370. The summed E-state index contributed by atoms with van der Waals surface area (Å²) in [6.45, 7) is 3.98. The number of piperazine rings is 1. The predicted molar refractivity (Wildman–Crippen MR) is 121 cm³/mol. The second-order valence-corrected chi connectivity index (χ2v) is 10.0. The molecule has 0 spiro atoms. The molecule has 0 aromatic heterocycles. The van der Waals surface area contributed by atoms with E-state index in [-0.39, 0.29) is 41.5 Å². The molecule has 0 bridgehead atoms. The lowest BCUT2D eigenvalue weighted by Gasteiger charge is -2.38. The van der Waals surface area contributed by atoms with Crippen molar-refractivity contribution >= 4 is 45.5 Å². The Labute approximate surface area is 183 Å². The average molecular weight is 522 g/mol. The van der Waals surface area contributed by atoms with E-state index in [1.54, 1.807) is 0 Å². The quantitative estimate of drug-likeness (QED) is 0.373. The van der Waals surface area contributed by atoms with E-state index in [1.807, 2.05) is 12.1 Å². The number of aliphatic imine (C=N–C) groups is 1. The number of halogens is 2. The van der Waals surface area contributed by atoms with Gasteiger partial charge in [0, 0.05) is 44.5 Å². The SMILES string of the molecule is I.O=S1(=O)CCC(CN=C(NC2CC2)N2CCN(c3ccc(F)cc3)CC2)C1. The van der Waals surface area contributed by atoms with Crippen LogP contribution in [0.2, 0.25) is 0 Å². The molecule has 1 aromatic rings. The molecule has 9 heteroatoms. The molecule has 2 aliphatic heterocycles. The average Bonchev–Trinajstić information content (AvgIpc) is 3.41. The van der Waals surface area contributed by atoms with Crippen LogP contribution >= 0.6 is 24.0 Å². The van der Waals surface area contributed by atoms with Gasteiger partial charge in [-0.2, -0.15) is 0 Å². The van der Waals surface area contributed by atoms with Gasteiger partial charge in [0.05, 0.1) is 11.5 Å². The van der Waals surface area contributed by atoms with Crippen molar-refractivity contribution in [1.82, 2.24) is 10.2 Å². The van der Waals surface area contributed by atoms with Crippen LogP contribution in [-0.4, -0.2) is 69.5 Å². The van der Waals surface area contributed by atoms with E-state index in [4.69, 9.17) is 4.99 Å². The fourth-order valence-corrected chi connectivity index (χ4v) is 5.56. The van der Waals surface area contributed by atoms with Crippen molar-refractivity contribution in [2.75, 3.05) is 49.1 Å². The van der Waals surface area contributed by atoms with Gasteiger partial charge in [0.25, 0.3) is 0 Å². The second kappa shape index (κ2) is 9.15. The van der Waals surface area contributed by atoms with E-state index < -0.39 is 9.84 Å². The van der Waals surface area contributed by atoms with E-state index in [2.05, 4.69) is 15.1 Å². The molecule has 2 heterocycles. The third kappa shape index (κ3) is 5.71. The molecule has 2 saturated heterocycles. The second-order valence-electron chi connectivity index (χ2n) is 7.80. The molecule has 6 nitrogen and oxygen atoms in total. The van der Waals surface area contributed by atoms with Crippen molar-refractivity contribution in [3.05, 3.63) is 30.1 Å². The first-order valence-corrected chi connectivity index (χ1v) is 11.6. The highest BCUT2D eigenvalue weighted by molar-refractivity contribution is 14.0. The molecule has 1 N–H and O–H groups in total. The minimum absolute atomic E-state index is 0. The minimum atomic E-state index is -2.86. The topological polar surface area (TPSA) is 65.0 Å². The lowest BCUT2D eigenvalue weighted by atomic mass is 10.1. The molecule has 156 valence electrons. The van der Waals surface area contributed by atoms with Gasteiger partial charge in [-0.15, -0.1) is 24.0 Å². The Hall–Kier alpha value is -1.10. The Kier molecular flexibility index (Phi) is 7.06. The van der Waals surface area contributed by atoms with Gasteiger partial charge in [0.1, 0.15) is 5.82 Å². The summed E-state index contributed by atoms with van der Waals surface area (Å²) in [7, 11) is -2.86. The highest BCUT2D eigenvalue weighted by atomic mass is 127. The molecule has 1 saturated carbocycles. The zero-order chi connectivity index (χ0) is 18.9. The molecule has 3 aliphatic rings. The van der Waals surface area contributed by atoms with Gasteiger partial charge in [-0.25, -0.2) is 12.8 Å². The van der Waals surface area contributed by atoms with Crippen LogP contribution in [0.15, 0.2) is 29.3 Å². The monoisotopic (exact) mass is 522 g/mol. The van der Waals surface area contributed by atoms with Gasteiger partial charge in [0.15, 0.2) is 15.8 Å². The summed E-state index contributed by atoms with van der Waals surface area (Å²) < 4.78 is 36.4. The van der Waals surface area contributed by atoms with Gasteiger partial charge in [-0.3, -0.25) is 4.99 Å². The molecule has 28 heavy (non-hydrogen) atoms. The Morgan fingerprint density at radius 2 is 1.79 bits per heavy atom. The Balaban J connectivity index is 0.00000225.